The fourth-order valence-electron chi connectivity index (χ4n) is 2.85. The number of halogens is 2. The molecule has 2 heterocycles. The lowest BCUT2D eigenvalue weighted by Crippen LogP contribution is -2.48. The van der Waals surface area contributed by atoms with Crippen LogP contribution in [0.3, 0.4) is 0 Å². The Morgan fingerprint density at radius 3 is 2.60 bits per heavy atom. The minimum atomic E-state index is -3.98. The zero-order valence-corrected chi connectivity index (χ0v) is 17.9. The number of amides is 1. The van der Waals surface area contributed by atoms with Crippen molar-refractivity contribution in [2.45, 2.75) is 19.5 Å². The zero-order valence-electron chi connectivity index (χ0n) is 16.2. The monoisotopic (exact) mass is 456 g/mol. The van der Waals surface area contributed by atoms with Gasteiger partial charge >= 0.3 is 0 Å². The number of carbonyl (C=O) groups excluding carboxylic acids is 1. The summed E-state index contributed by atoms with van der Waals surface area (Å²) in [6.45, 7) is 1.29. The Morgan fingerprint density at radius 1 is 1.27 bits per heavy atom. The molecule has 0 spiro atoms. The quantitative estimate of drug-likeness (QED) is 0.542. The molecular weight excluding hydrogens is 438 g/mol. The molecule has 0 aliphatic rings. The molecule has 160 valence electrons. The van der Waals surface area contributed by atoms with E-state index in [9.17, 15) is 22.0 Å². The van der Waals surface area contributed by atoms with E-state index in [4.69, 9.17) is 4.52 Å². The SMILES string of the molecule is C[C@@H](C(=O)N(C)Cc1nc(-c2cccs2)no1)N(c1ccc(F)c(F)c1)S(C)(=O)=O. The topological polar surface area (TPSA) is 96.6 Å². The van der Waals surface area contributed by atoms with Crippen molar-refractivity contribution in [2.75, 3.05) is 17.6 Å². The number of anilines is 1. The smallest absolute Gasteiger partial charge is 0.246 e. The number of sulfonamides is 1. The predicted molar refractivity (Wildman–Crippen MR) is 107 cm³/mol. The Kier molecular flexibility index (Phi) is 6.17. The average Bonchev–Trinajstić information content (AvgIpc) is 3.34. The minimum absolute atomic E-state index is 0.0586. The largest absolute Gasteiger partial charge is 0.337 e. The molecule has 0 unspecified atom stereocenters. The molecule has 0 saturated heterocycles. The molecular formula is C18H18F2N4O4S2. The lowest BCUT2D eigenvalue weighted by molar-refractivity contribution is -0.131. The summed E-state index contributed by atoms with van der Waals surface area (Å²) in [6, 6.07) is 5.05. The fraction of sp³-hybridized carbons (Fsp3) is 0.278. The van der Waals surface area contributed by atoms with Gasteiger partial charge < -0.3 is 9.42 Å². The molecule has 1 aromatic carbocycles. The molecule has 0 aliphatic heterocycles. The first-order valence-corrected chi connectivity index (χ1v) is 11.4. The van der Waals surface area contributed by atoms with Crippen molar-refractivity contribution in [3.8, 4) is 10.7 Å². The maximum atomic E-state index is 13.6. The number of hydrogen-bond donors (Lipinski definition) is 0. The normalized spacial score (nSPS) is 12.6. The van der Waals surface area contributed by atoms with Gasteiger partial charge in [-0.2, -0.15) is 4.98 Å². The summed E-state index contributed by atoms with van der Waals surface area (Å²) < 4.78 is 57.4. The van der Waals surface area contributed by atoms with Crippen LogP contribution in [0.2, 0.25) is 0 Å². The predicted octanol–water partition coefficient (Wildman–Crippen LogP) is 2.89. The standard InChI is InChI=1S/C18H18F2N4O4S2/c1-11(24(30(3,26)27)12-6-7-13(19)14(20)9-12)18(25)23(2)10-16-21-17(22-28-16)15-5-4-8-29-15/h4-9,11H,10H2,1-3H3/t11-/m0/s1. The second kappa shape index (κ2) is 8.48. The zero-order chi connectivity index (χ0) is 22.1. The highest BCUT2D eigenvalue weighted by Gasteiger charge is 2.32. The van der Waals surface area contributed by atoms with E-state index in [0.717, 1.165) is 33.6 Å². The van der Waals surface area contributed by atoms with E-state index >= 15 is 0 Å². The number of aromatic nitrogens is 2. The highest BCUT2D eigenvalue weighted by Crippen LogP contribution is 2.25. The van der Waals surface area contributed by atoms with Crippen molar-refractivity contribution in [2.24, 2.45) is 0 Å². The van der Waals surface area contributed by atoms with E-state index < -0.39 is 33.6 Å². The van der Waals surface area contributed by atoms with Gasteiger partial charge in [-0.25, -0.2) is 17.2 Å². The van der Waals surface area contributed by atoms with E-state index in [1.807, 2.05) is 17.5 Å². The molecule has 0 saturated carbocycles. The number of hydrogen-bond acceptors (Lipinski definition) is 7. The first-order chi connectivity index (χ1) is 14.1. The van der Waals surface area contributed by atoms with E-state index in [1.165, 1.54) is 30.2 Å². The van der Waals surface area contributed by atoms with Crippen LogP contribution in [0.4, 0.5) is 14.5 Å². The van der Waals surface area contributed by atoms with Crippen molar-refractivity contribution in [1.82, 2.24) is 15.0 Å². The molecule has 0 bridgehead atoms. The number of likely N-dealkylation sites (N-methyl/N-ethyl adjacent to an activating group) is 1. The maximum absolute atomic E-state index is 13.6. The fourth-order valence-corrected chi connectivity index (χ4v) is 4.66. The number of carbonyl (C=O) groups is 1. The third-order valence-electron chi connectivity index (χ3n) is 4.18. The van der Waals surface area contributed by atoms with Crippen LogP contribution in [0.5, 0.6) is 0 Å². The second-order valence-electron chi connectivity index (χ2n) is 6.52. The number of benzene rings is 1. The van der Waals surface area contributed by atoms with E-state index in [1.54, 1.807) is 0 Å². The first kappa shape index (κ1) is 21.8. The van der Waals surface area contributed by atoms with Gasteiger partial charge in [0.25, 0.3) is 0 Å². The van der Waals surface area contributed by atoms with Gasteiger partial charge in [0, 0.05) is 13.1 Å². The molecule has 1 amide bonds. The van der Waals surface area contributed by atoms with Gasteiger partial charge in [-0.05, 0) is 30.5 Å². The van der Waals surface area contributed by atoms with Crippen LogP contribution < -0.4 is 4.31 Å². The van der Waals surface area contributed by atoms with Gasteiger partial charge in [0.1, 0.15) is 6.04 Å². The van der Waals surface area contributed by atoms with Crippen molar-refractivity contribution < 1.29 is 26.5 Å². The number of thiophene rings is 1. The molecule has 1 atom stereocenters. The van der Waals surface area contributed by atoms with Crippen LogP contribution in [0, 0.1) is 11.6 Å². The maximum Gasteiger partial charge on any atom is 0.246 e. The molecule has 0 N–H and O–H groups in total. The van der Waals surface area contributed by atoms with E-state index in [-0.39, 0.29) is 18.1 Å². The van der Waals surface area contributed by atoms with Crippen LogP contribution in [-0.2, 0) is 21.4 Å². The molecule has 8 nitrogen and oxygen atoms in total. The summed E-state index contributed by atoms with van der Waals surface area (Å²) in [5.41, 5.74) is -0.163. The Hall–Kier alpha value is -2.86. The summed E-state index contributed by atoms with van der Waals surface area (Å²) in [5, 5.41) is 5.72. The highest BCUT2D eigenvalue weighted by atomic mass is 32.2. The van der Waals surface area contributed by atoms with Crippen LogP contribution in [0.25, 0.3) is 10.7 Å². The number of rotatable bonds is 7. The van der Waals surface area contributed by atoms with Gasteiger partial charge in [0.05, 0.1) is 23.4 Å². The molecule has 3 aromatic rings. The number of nitrogens with zero attached hydrogens (tertiary/aromatic N) is 4. The first-order valence-electron chi connectivity index (χ1n) is 8.64. The molecule has 0 fully saturated rings. The summed E-state index contributed by atoms with van der Waals surface area (Å²) in [4.78, 5) is 19.1. The molecule has 3 rings (SSSR count). The molecule has 0 radical (unpaired) electrons. The van der Waals surface area contributed by atoms with Crippen LogP contribution in [0.15, 0.2) is 40.2 Å². The van der Waals surface area contributed by atoms with Gasteiger partial charge in [-0.1, -0.05) is 11.2 Å². The molecule has 30 heavy (non-hydrogen) atoms. The van der Waals surface area contributed by atoms with Gasteiger partial charge in [-0.15, -0.1) is 11.3 Å². The molecule has 12 heteroatoms. The van der Waals surface area contributed by atoms with Crippen LogP contribution in [-0.4, -0.2) is 48.7 Å². The summed E-state index contributed by atoms with van der Waals surface area (Å²) in [6.07, 6.45) is 0.878. The van der Waals surface area contributed by atoms with Gasteiger partial charge in [-0.3, -0.25) is 9.10 Å². The van der Waals surface area contributed by atoms with Crippen molar-refractivity contribution in [3.05, 3.63) is 53.2 Å². The Morgan fingerprint density at radius 2 is 2.00 bits per heavy atom. The van der Waals surface area contributed by atoms with E-state index in [0.29, 0.717) is 5.82 Å². The van der Waals surface area contributed by atoms with Crippen molar-refractivity contribution in [3.63, 3.8) is 0 Å². The van der Waals surface area contributed by atoms with Gasteiger partial charge in [0.15, 0.2) is 11.6 Å². The molecule has 2 aromatic heterocycles. The molecule has 0 aliphatic carbocycles. The lowest BCUT2D eigenvalue weighted by Gasteiger charge is -2.30. The Labute approximate surface area is 175 Å². The minimum Gasteiger partial charge on any atom is -0.337 e. The Balaban J connectivity index is 1.80. The summed E-state index contributed by atoms with van der Waals surface area (Å²) in [7, 11) is -2.53. The third-order valence-corrected chi connectivity index (χ3v) is 6.29. The second-order valence-corrected chi connectivity index (χ2v) is 9.32. The third kappa shape index (κ3) is 4.65. The van der Waals surface area contributed by atoms with Crippen LogP contribution >= 0.6 is 11.3 Å². The van der Waals surface area contributed by atoms with Crippen molar-refractivity contribution >= 4 is 33.0 Å². The Bertz CT molecular complexity index is 1150. The van der Waals surface area contributed by atoms with Gasteiger partial charge in [0.2, 0.25) is 27.6 Å². The van der Waals surface area contributed by atoms with Crippen molar-refractivity contribution in [1.29, 1.82) is 0 Å². The lowest BCUT2D eigenvalue weighted by atomic mass is 10.2. The van der Waals surface area contributed by atoms with Crippen LogP contribution in [0.1, 0.15) is 12.8 Å². The summed E-state index contributed by atoms with van der Waals surface area (Å²) >= 11 is 1.43. The van der Waals surface area contributed by atoms with E-state index in [2.05, 4.69) is 10.1 Å². The summed E-state index contributed by atoms with van der Waals surface area (Å²) in [5.74, 6) is -2.39. The average molecular weight is 456 g/mol. The highest BCUT2D eigenvalue weighted by molar-refractivity contribution is 7.92.